The van der Waals surface area contributed by atoms with Gasteiger partial charge in [0, 0.05) is 13.8 Å². The molecule has 0 rings (SSSR count). The third-order valence-electron chi connectivity index (χ3n) is 1.47. The number of rotatable bonds is 6. The van der Waals surface area contributed by atoms with Crippen molar-refractivity contribution in [3.8, 4) is 0 Å². The van der Waals surface area contributed by atoms with E-state index in [4.69, 9.17) is 0 Å². The Morgan fingerprint density at radius 2 is 1.79 bits per heavy atom. The van der Waals surface area contributed by atoms with E-state index in [1.807, 2.05) is 0 Å². The normalized spacial score (nSPS) is 11.9. The Balaban J connectivity index is 3.30. The van der Waals surface area contributed by atoms with E-state index in [2.05, 4.69) is 9.47 Å². The zero-order chi connectivity index (χ0) is 11.0. The van der Waals surface area contributed by atoms with Crippen LogP contribution in [0.25, 0.3) is 0 Å². The van der Waals surface area contributed by atoms with Gasteiger partial charge in [-0.25, -0.2) is 0 Å². The van der Waals surface area contributed by atoms with Gasteiger partial charge in [-0.2, -0.15) is 0 Å². The molecule has 0 aliphatic rings. The third kappa shape index (κ3) is 8.99. The molecule has 0 aliphatic carbocycles. The Hall–Kier alpha value is -1.10. The number of aliphatic hydroxyl groups is 1. The molecule has 0 saturated carbocycles. The summed E-state index contributed by atoms with van der Waals surface area (Å²) in [6.07, 6.45) is 0.317. The number of esters is 2. The van der Waals surface area contributed by atoms with Crippen LogP contribution in [-0.2, 0) is 19.1 Å². The summed E-state index contributed by atoms with van der Waals surface area (Å²) in [5, 5.41) is 9.25. The van der Waals surface area contributed by atoms with Crippen molar-refractivity contribution in [2.45, 2.75) is 32.8 Å². The van der Waals surface area contributed by atoms with E-state index in [0.717, 1.165) is 0 Å². The van der Waals surface area contributed by atoms with E-state index >= 15 is 0 Å². The first-order chi connectivity index (χ1) is 6.52. The summed E-state index contributed by atoms with van der Waals surface area (Å²) in [7, 11) is 0. The molecule has 5 heteroatoms. The van der Waals surface area contributed by atoms with Gasteiger partial charge in [0.25, 0.3) is 0 Å². The van der Waals surface area contributed by atoms with Crippen LogP contribution >= 0.6 is 0 Å². The molecule has 0 unspecified atom stereocenters. The molecule has 0 aromatic rings. The van der Waals surface area contributed by atoms with E-state index in [-0.39, 0.29) is 19.2 Å². The Kier molecular flexibility index (Phi) is 6.74. The van der Waals surface area contributed by atoms with Gasteiger partial charge in [0.2, 0.25) is 0 Å². The first kappa shape index (κ1) is 12.9. The summed E-state index contributed by atoms with van der Waals surface area (Å²) in [4.78, 5) is 20.7. The lowest BCUT2D eigenvalue weighted by Gasteiger charge is -2.09. The Morgan fingerprint density at radius 3 is 2.29 bits per heavy atom. The second-order valence-electron chi connectivity index (χ2n) is 2.94. The van der Waals surface area contributed by atoms with Crippen LogP contribution in [0, 0.1) is 0 Å². The average Bonchev–Trinajstić information content (AvgIpc) is 2.08. The van der Waals surface area contributed by atoms with Gasteiger partial charge in [-0.3, -0.25) is 9.59 Å². The SMILES string of the molecule is CC(=O)OCCC[C@@H](O)COC(C)=O. The second-order valence-corrected chi connectivity index (χ2v) is 2.94. The summed E-state index contributed by atoms with van der Waals surface area (Å²) >= 11 is 0. The van der Waals surface area contributed by atoms with Crippen LogP contribution in [0.2, 0.25) is 0 Å². The minimum Gasteiger partial charge on any atom is -0.466 e. The van der Waals surface area contributed by atoms with Crippen LogP contribution in [0.1, 0.15) is 26.7 Å². The maximum Gasteiger partial charge on any atom is 0.302 e. The lowest BCUT2D eigenvalue weighted by atomic mass is 10.2. The molecule has 0 radical (unpaired) electrons. The molecular formula is C9H16O5. The molecule has 0 aromatic carbocycles. The molecule has 1 N–H and O–H groups in total. The fourth-order valence-corrected chi connectivity index (χ4v) is 0.832. The smallest absolute Gasteiger partial charge is 0.302 e. The van der Waals surface area contributed by atoms with E-state index < -0.39 is 12.1 Å². The highest BCUT2D eigenvalue weighted by molar-refractivity contribution is 5.66. The zero-order valence-electron chi connectivity index (χ0n) is 8.49. The van der Waals surface area contributed by atoms with Gasteiger partial charge >= 0.3 is 11.9 Å². The van der Waals surface area contributed by atoms with Crippen LogP contribution in [0.15, 0.2) is 0 Å². The summed E-state index contributed by atoms with van der Waals surface area (Å²) < 4.78 is 9.25. The number of carbonyl (C=O) groups is 2. The standard InChI is InChI=1S/C9H16O5/c1-7(10)13-5-3-4-9(12)6-14-8(2)11/h9,12H,3-6H2,1-2H3/t9-/m1/s1. The molecule has 5 nitrogen and oxygen atoms in total. The molecule has 0 bridgehead atoms. The fourth-order valence-electron chi connectivity index (χ4n) is 0.832. The number of hydrogen-bond donors (Lipinski definition) is 1. The quantitative estimate of drug-likeness (QED) is 0.496. The predicted octanol–water partition coefficient (Wildman–Crippen LogP) is 0.254. The van der Waals surface area contributed by atoms with Gasteiger partial charge in [-0.15, -0.1) is 0 Å². The molecule has 1 atom stereocenters. The lowest BCUT2D eigenvalue weighted by molar-refractivity contribution is -0.144. The minimum atomic E-state index is -0.686. The monoisotopic (exact) mass is 204 g/mol. The van der Waals surface area contributed by atoms with Crippen LogP contribution < -0.4 is 0 Å². The summed E-state index contributed by atoms with van der Waals surface area (Å²) in [5.74, 6) is -0.747. The van der Waals surface area contributed by atoms with Crippen LogP contribution in [0.5, 0.6) is 0 Å². The minimum absolute atomic E-state index is 0.00456. The van der Waals surface area contributed by atoms with E-state index in [1.54, 1.807) is 0 Å². The van der Waals surface area contributed by atoms with Crippen molar-refractivity contribution < 1.29 is 24.2 Å². The molecule has 0 aromatic heterocycles. The first-order valence-corrected chi connectivity index (χ1v) is 4.47. The van der Waals surface area contributed by atoms with Crippen molar-refractivity contribution in [3.05, 3.63) is 0 Å². The Morgan fingerprint density at radius 1 is 1.21 bits per heavy atom. The predicted molar refractivity (Wildman–Crippen MR) is 48.5 cm³/mol. The van der Waals surface area contributed by atoms with Gasteiger partial charge in [0.15, 0.2) is 0 Å². The molecular weight excluding hydrogens is 188 g/mol. The third-order valence-corrected chi connectivity index (χ3v) is 1.47. The summed E-state index contributed by atoms with van der Waals surface area (Å²) in [5.41, 5.74) is 0. The van der Waals surface area contributed by atoms with Crippen molar-refractivity contribution in [1.82, 2.24) is 0 Å². The lowest BCUT2D eigenvalue weighted by Crippen LogP contribution is -2.18. The number of carbonyl (C=O) groups excluding carboxylic acids is 2. The highest BCUT2D eigenvalue weighted by Gasteiger charge is 2.06. The Labute approximate surface area is 83.0 Å². The number of hydrogen-bond acceptors (Lipinski definition) is 5. The maximum absolute atomic E-state index is 10.4. The highest BCUT2D eigenvalue weighted by atomic mass is 16.5. The molecule has 0 spiro atoms. The topological polar surface area (TPSA) is 72.8 Å². The van der Waals surface area contributed by atoms with Gasteiger partial charge < -0.3 is 14.6 Å². The van der Waals surface area contributed by atoms with Gasteiger partial charge in [-0.05, 0) is 12.8 Å². The van der Waals surface area contributed by atoms with Crippen molar-refractivity contribution in [2.75, 3.05) is 13.2 Å². The summed E-state index contributed by atoms with van der Waals surface area (Å²) in [6.45, 7) is 2.89. The molecule has 0 amide bonds. The second kappa shape index (κ2) is 7.32. The van der Waals surface area contributed by atoms with Gasteiger partial charge in [0.1, 0.15) is 6.61 Å². The van der Waals surface area contributed by atoms with Crippen LogP contribution in [0.3, 0.4) is 0 Å². The molecule has 0 aliphatic heterocycles. The number of ether oxygens (including phenoxy) is 2. The van der Waals surface area contributed by atoms with Gasteiger partial charge in [0.05, 0.1) is 12.7 Å². The van der Waals surface area contributed by atoms with Crippen molar-refractivity contribution in [3.63, 3.8) is 0 Å². The highest BCUT2D eigenvalue weighted by Crippen LogP contribution is 1.98. The molecule has 0 heterocycles. The Bertz CT molecular complexity index is 190. The maximum atomic E-state index is 10.4. The number of aliphatic hydroxyl groups excluding tert-OH is 1. The van der Waals surface area contributed by atoms with Crippen LogP contribution in [0.4, 0.5) is 0 Å². The molecule has 0 saturated heterocycles. The largest absolute Gasteiger partial charge is 0.466 e. The van der Waals surface area contributed by atoms with Crippen molar-refractivity contribution in [2.24, 2.45) is 0 Å². The van der Waals surface area contributed by atoms with Crippen LogP contribution in [-0.4, -0.2) is 36.4 Å². The molecule has 14 heavy (non-hydrogen) atoms. The summed E-state index contributed by atoms with van der Waals surface area (Å²) in [6, 6.07) is 0. The van der Waals surface area contributed by atoms with Gasteiger partial charge in [-0.1, -0.05) is 0 Å². The first-order valence-electron chi connectivity index (χ1n) is 4.47. The zero-order valence-corrected chi connectivity index (χ0v) is 8.49. The molecule has 82 valence electrons. The van der Waals surface area contributed by atoms with Crippen molar-refractivity contribution >= 4 is 11.9 Å². The van der Waals surface area contributed by atoms with E-state index in [9.17, 15) is 14.7 Å². The fraction of sp³-hybridized carbons (Fsp3) is 0.778. The van der Waals surface area contributed by atoms with Crippen molar-refractivity contribution in [1.29, 1.82) is 0 Å². The van der Waals surface area contributed by atoms with E-state index in [0.29, 0.717) is 12.8 Å². The molecule has 0 fully saturated rings. The average molecular weight is 204 g/mol. The van der Waals surface area contributed by atoms with E-state index in [1.165, 1.54) is 13.8 Å².